The maximum atomic E-state index is 12.8. The lowest BCUT2D eigenvalue weighted by atomic mass is 9.87. The smallest absolute Gasteiger partial charge is 0.238 e. The Morgan fingerprint density at radius 3 is 2.24 bits per heavy atom. The van der Waals surface area contributed by atoms with E-state index in [1.54, 1.807) is 31.2 Å². The summed E-state index contributed by atoms with van der Waals surface area (Å²) in [4.78, 5) is 12.8. The topological polar surface area (TPSA) is 89.3 Å². The van der Waals surface area contributed by atoms with Crippen LogP contribution in [0, 0.1) is 12.8 Å². The first kappa shape index (κ1) is 19.4. The van der Waals surface area contributed by atoms with Crippen LogP contribution in [0.5, 0.6) is 0 Å². The summed E-state index contributed by atoms with van der Waals surface area (Å²) in [6.45, 7) is 5.55. The van der Waals surface area contributed by atoms with Crippen molar-refractivity contribution in [2.45, 2.75) is 31.6 Å². The number of carbonyl (C=O) groups excluding carboxylic acids is 1. The summed E-state index contributed by atoms with van der Waals surface area (Å²) in [7, 11) is -3.85. The van der Waals surface area contributed by atoms with Crippen LogP contribution in [0.3, 0.4) is 0 Å². The van der Waals surface area contributed by atoms with Crippen LogP contribution in [0.4, 0.5) is 5.69 Å². The van der Waals surface area contributed by atoms with Gasteiger partial charge in [-0.05, 0) is 48.2 Å². The van der Waals surface area contributed by atoms with Crippen LogP contribution >= 0.6 is 11.6 Å². The number of carbonyl (C=O) groups is 1. The first-order valence-corrected chi connectivity index (χ1v) is 9.72. The zero-order valence-electron chi connectivity index (χ0n) is 14.3. The molecule has 0 aromatic heterocycles. The largest absolute Gasteiger partial charge is 0.326 e. The van der Waals surface area contributed by atoms with Gasteiger partial charge in [0.25, 0.3) is 0 Å². The van der Waals surface area contributed by atoms with E-state index in [4.69, 9.17) is 16.7 Å². The third kappa shape index (κ3) is 4.81. The molecule has 0 fully saturated rings. The van der Waals surface area contributed by atoms with Crippen molar-refractivity contribution in [2.75, 3.05) is 5.32 Å². The Kier molecular flexibility index (Phi) is 5.87. The third-order valence-corrected chi connectivity index (χ3v) is 5.25. The van der Waals surface area contributed by atoms with Crippen molar-refractivity contribution in [1.82, 2.24) is 0 Å². The molecular formula is C18H21ClN2O3S. The minimum atomic E-state index is -3.85. The lowest BCUT2D eigenvalue weighted by molar-refractivity contribution is -0.118. The number of rotatable bonds is 5. The van der Waals surface area contributed by atoms with Crippen molar-refractivity contribution in [3.63, 3.8) is 0 Å². The SMILES string of the molecule is Cc1ccc(NC(=O)[C@H](c2ccc(Cl)cc2)C(C)C)cc1S(N)(=O)=O. The fourth-order valence-corrected chi connectivity index (χ4v) is 3.65. The molecule has 0 saturated carbocycles. The Morgan fingerprint density at radius 1 is 1.12 bits per heavy atom. The van der Waals surface area contributed by atoms with Crippen LogP contribution in [0.25, 0.3) is 0 Å². The molecule has 0 radical (unpaired) electrons. The van der Waals surface area contributed by atoms with E-state index in [1.165, 1.54) is 6.07 Å². The van der Waals surface area contributed by atoms with E-state index in [2.05, 4.69) is 5.32 Å². The van der Waals surface area contributed by atoms with Gasteiger partial charge in [-0.3, -0.25) is 4.79 Å². The average molecular weight is 381 g/mol. The Hall–Kier alpha value is -1.89. The Labute approximate surface area is 153 Å². The minimum absolute atomic E-state index is 0.00195. The first-order valence-electron chi connectivity index (χ1n) is 7.79. The lowest BCUT2D eigenvalue weighted by Gasteiger charge is -2.21. The Morgan fingerprint density at radius 2 is 1.72 bits per heavy atom. The molecule has 2 aromatic carbocycles. The van der Waals surface area contributed by atoms with Crippen molar-refractivity contribution >= 4 is 33.2 Å². The molecule has 0 aliphatic carbocycles. The van der Waals surface area contributed by atoms with E-state index in [0.717, 1.165) is 5.56 Å². The standard InChI is InChI=1S/C18H21ClN2O3S/c1-11(2)17(13-5-7-14(19)8-6-13)18(22)21-15-9-4-12(3)16(10-15)25(20,23)24/h4-11,17H,1-3H3,(H,21,22)(H2,20,23,24)/t17-/m0/s1. The zero-order chi connectivity index (χ0) is 18.8. The Bertz CT molecular complexity index is 878. The quantitative estimate of drug-likeness (QED) is 0.829. The summed E-state index contributed by atoms with van der Waals surface area (Å²) in [5.74, 6) is -0.567. The number of hydrogen-bond donors (Lipinski definition) is 2. The molecule has 1 amide bonds. The predicted octanol–water partition coefficient (Wildman–Crippen LogP) is 3.67. The summed E-state index contributed by atoms with van der Waals surface area (Å²) < 4.78 is 23.3. The van der Waals surface area contributed by atoms with E-state index in [-0.39, 0.29) is 16.7 Å². The van der Waals surface area contributed by atoms with Gasteiger partial charge in [0.15, 0.2) is 0 Å². The molecule has 0 saturated heterocycles. The monoisotopic (exact) mass is 380 g/mol. The molecule has 0 bridgehead atoms. The number of sulfonamides is 1. The van der Waals surface area contributed by atoms with Gasteiger partial charge in [-0.25, -0.2) is 13.6 Å². The molecule has 2 rings (SSSR count). The summed E-state index contributed by atoms with van der Waals surface area (Å²) in [5.41, 5.74) is 1.76. The minimum Gasteiger partial charge on any atom is -0.326 e. The fraction of sp³-hybridized carbons (Fsp3) is 0.278. The highest BCUT2D eigenvalue weighted by Crippen LogP contribution is 2.28. The summed E-state index contributed by atoms with van der Waals surface area (Å²) in [5, 5.41) is 8.60. The van der Waals surface area contributed by atoms with E-state index in [0.29, 0.717) is 16.3 Å². The number of benzene rings is 2. The molecule has 2 aromatic rings. The van der Waals surface area contributed by atoms with Crippen molar-refractivity contribution in [1.29, 1.82) is 0 Å². The molecule has 3 N–H and O–H groups in total. The molecule has 0 unspecified atom stereocenters. The lowest BCUT2D eigenvalue weighted by Crippen LogP contribution is -2.25. The van der Waals surface area contributed by atoms with E-state index < -0.39 is 15.9 Å². The highest BCUT2D eigenvalue weighted by molar-refractivity contribution is 7.89. The van der Waals surface area contributed by atoms with Crippen LogP contribution in [0.1, 0.15) is 30.9 Å². The maximum Gasteiger partial charge on any atom is 0.238 e. The predicted molar refractivity (Wildman–Crippen MR) is 100 cm³/mol. The molecule has 134 valence electrons. The van der Waals surface area contributed by atoms with Gasteiger partial charge in [0.1, 0.15) is 0 Å². The number of primary sulfonamides is 1. The molecule has 7 heteroatoms. The highest BCUT2D eigenvalue weighted by Gasteiger charge is 2.24. The van der Waals surface area contributed by atoms with Gasteiger partial charge < -0.3 is 5.32 Å². The summed E-state index contributed by atoms with van der Waals surface area (Å²) in [6.07, 6.45) is 0. The van der Waals surface area contributed by atoms with Gasteiger partial charge in [-0.15, -0.1) is 0 Å². The van der Waals surface area contributed by atoms with Gasteiger partial charge >= 0.3 is 0 Å². The number of nitrogens with one attached hydrogen (secondary N) is 1. The Balaban J connectivity index is 2.32. The van der Waals surface area contributed by atoms with Gasteiger partial charge in [-0.2, -0.15) is 0 Å². The van der Waals surface area contributed by atoms with Crippen LogP contribution in [0.2, 0.25) is 5.02 Å². The van der Waals surface area contributed by atoms with Gasteiger partial charge in [0.2, 0.25) is 15.9 Å². The highest BCUT2D eigenvalue weighted by atomic mass is 35.5. The molecule has 0 aliphatic heterocycles. The number of anilines is 1. The fourth-order valence-electron chi connectivity index (χ4n) is 2.71. The van der Waals surface area contributed by atoms with Gasteiger partial charge in [0, 0.05) is 10.7 Å². The van der Waals surface area contributed by atoms with Crippen LogP contribution in [-0.4, -0.2) is 14.3 Å². The van der Waals surface area contributed by atoms with Gasteiger partial charge in [-0.1, -0.05) is 43.6 Å². The molecular weight excluding hydrogens is 360 g/mol. The van der Waals surface area contributed by atoms with Crippen molar-refractivity contribution in [3.05, 3.63) is 58.6 Å². The number of hydrogen-bond acceptors (Lipinski definition) is 3. The second-order valence-corrected chi connectivity index (χ2v) is 8.25. The van der Waals surface area contributed by atoms with Crippen molar-refractivity contribution in [3.8, 4) is 0 Å². The van der Waals surface area contributed by atoms with E-state index in [1.807, 2.05) is 26.0 Å². The van der Waals surface area contributed by atoms with E-state index >= 15 is 0 Å². The van der Waals surface area contributed by atoms with Crippen molar-refractivity contribution in [2.24, 2.45) is 11.1 Å². The molecule has 1 atom stereocenters. The zero-order valence-corrected chi connectivity index (χ0v) is 15.9. The van der Waals surface area contributed by atoms with Crippen LogP contribution in [0.15, 0.2) is 47.4 Å². The number of halogens is 1. The second kappa shape index (κ2) is 7.56. The van der Waals surface area contributed by atoms with Crippen molar-refractivity contribution < 1.29 is 13.2 Å². The van der Waals surface area contributed by atoms with E-state index in [9.17, 15) is 13.2 Å². The molecule has 0 spiro atoms. The molecule has 0 heterocycles. The van der Waals surface area contributed by atoms with Crippen LogP contribution in [-0.2, 0) is 14.8 Å². The third-order valence-electron chi connectivity index (χ3n) is 3.94. The number of amides is 1. The normalized spacial score (nSPS) is 12.9. The molecule has 5 nitrogen and oxygen atoms in total. The number of nitrogens with two attached hydrogens (primary N) is 1. The first-order chi connectivity index (χ1) is 11.6. The second-order valence-electron chi connectivity index (χ2n) is 6.29. The summed E-state index contributed by atoms with van der Waals surface area (Å²) in [6, 6.07) is 11.8. The number of aryl methyl sites for hydroxylation is 1. The molecule has 25 heavy (non-hydrogen) atoms. The maximum absolute atomic E-state index is 12.8. The molecule has 0 aliphatic rings. The average Bonchev–Trinajstić information content (AvgIpc) is 2.50. The van der Waals surface area contributed by atoms with Crippen LogP contribution < -0.4 is 10.5 Å². The summed E-state index contributed by atoms with van der Waals surface area (Å²) >= 11 is 5.91. The van der Waals surface area contributed by atoms with Gasteiger partial charge in [0.05, 0.1) is 10.8 Å².